The van der Waals surface area contributed by atoms with E-state index in [1.54, 1.807) is 4.90 Å². The molecule has 40 heavy (non-hydrogen) atoms. The molecule has 2 heterocycles. The van der Waals surface area contributed by atoms with Gasteiger partial charge in [-0.1, -0.05) is 18.2 Å². The van der Waals surface area contributed by atoms with E-state index >= 15 is 0 Å². The summed E-state index contributed by atoms with van der Waals surface area (Å²) in [6.07, 6.45) is 1.58. The van der Waals surface area contributed by atoms with Crippen molar-refractivity contribution in [1.29, 1.82) is 0 Å². The van der Waals surface area contributed by atoms with E-state index in [1.807, 2.05) is 24.3 Å². The highest BCUT2D eigenvalue weighted by molar-refractivity contribution is 5.74. The molecule has 0 bridgehead atoms. The molecule has 12 heteroatoms. The Morgan fingerprint density at radius 2 is 1.73 bits per heavy atom. The van der Waals surface area contributed by atoms with Crippen LogP contribution in [0.5, 0.6) is 5.75 Å². The van der Waals surface area contributed by atoms with Gasteiger partial charge in [-0.05, 0) is 68.8 Å². The van der Waals surface area contributed by atoms with Gasteiger partial charge in [-0.3, -0.25) is 0 Å². The molecule has 2 saturated heterocycles. The van der Waals surface area contributed by atoms with Gasteiger partial charge < -0.3 is 25.0 Å². The molecular weight excluding hydrogens is 537 g/mol. The van der Waals surface area contributed by atoms with Crippen LogP contribution in [0.3, 0.4) is 0 Å². The molecule has 2 amide bonds. The Hall–Kier alpha value is -3.41. The first-order chi connectivity index (χ1) is 19.0. The summed E-state index contributed by atoms with van der Waals surface area (Å²) < 4.78 is 65.3. The molecule has 2 aliphatic heterocycles. The van der Waals surface area contributed by atoms with Crippen molar-refractivity contribution in [3.05, 3.63) is 65.2 Å². The van der Waals surface area contributed by atoms with Crippen molar-refractivity contribution in [2.45, 2.75) is 76.0 Å². The van der Waals surface area contributed by atoms with Crippen LogP contribution in [-0.4, -0.2) is 64.4 Å². The number of amides is 2. The van der Waals surface area contributed by atoms with Crippen LogP contribution >= 0.6 is 0 Å². The van der Waals surface area contributed by atoms with E-state index < -0.39 is 23.8 Å². The molecule has 0 radical (unpaired) electrons. The largest absolute Gasteiger partial charge is 0.490 e. The minimum Gasteiger partial charge on any atom is -0.490 e. The first kappa shape index (κ1) is 29.6. The van der Waals surface area contributed by atoms with Gasteiger partial charge in [0.25, 0.3) is 0 Å². The Balaban J connectivity index is 0.000000470. The van der Waals surface area contributed by atoms with Crippen LogP contribution in [0.25, 0.3) is 0 Å². The molecule has 3 fully saturated rings. The van der Waals surface area contributed by atoms with E-state index in [4.69, 9.17) is 14.6 Å². The summed E-state index contributed by atoms with van der Waals surface area (Å²) in [5.74, 6) is -3.13. The van der Waals surface area contributed by atoms with Crippen molar-refractivity contribution in [2.75, 3.05) is 13.1 Å². The Morgan fingerprint density at radius 1 is 1.02 bits per heavy atom. The number of carboxylic acids is 1. The van der Waals surface area contributed by atoms with Gasteiger partial charge in [0.2, 0.25) is 0 Å². The van der Waals surface area contributed by atoms with Crippen LogP contribution in [-0.2, 0) is 17.9 Å². The first-order valence-electron chi connectivity index (χ1n) is 13.3. The van der Waals surface area contributed by atoms with Crippen molar-refractivity contribution in [3.8, 4) is 5.75 Å². The zero-order chi connectivity index (χ0) is 28.9. The highest BCUT2D eigenvalue weighted by atomic mass is 19.4. The van der Waals surface area contributed by atoms with Crippen LogP contribution < -0.4 is 10.1 Å². The fourth-order valence-electron chi connectivity index (χ4n) is 5.03. The molecule has 0 unspecified atom stereocenters. The lowest BCUT2D eigenvalue weighted by Crippen LogP contribution is -2.52. The van der Waals surface area contributed by atoms with Gasteiger partial charge in [0.1, 0.15) is 17.4 Å². The minimum absolute atomic E-state index is 0.0307. The molecule has 5 rings (SSSR count). The van der Waals surface area contributed by atoms with Crippen molar-refractivity contribution >= 4 is 12.0 Å². The van der Waals surface area contributed by atoms with Crippen LogP contribution in [0.15, 0.2) is 42.5 Å². The second-order valence-corrected chi connectivity index (χ2v) is 10.3. The number of piperidine rings is 1. The quantitative estimate of drug-likeness (QED) is 0.432. The molecule has 1 saturated carbocycles. The highest BCUT2D eigenvalue weighted by Gasteiger charge is 2.38. The number of benzene rings is 2. The van der Waals surface area contributed by atoms with E-state index in [1.165, 1.54) is 18.6 Å². The Kier molecular flexibility index (Phi) is 9.49. The molecular formula is C28H32F5N3O4. The van der Waals surface area contributed by atoms with Crippen LogP contribution in [0.2, 0.25) is 0 Å². The molecule has 2 aromatic rings. The number of hydrogen-bond acceptors (Lipinski definition) is 4. The van der Waals surface area contributed by atoms with Crippen LogP contribution in [0.4, 0.5) is 26.7 Å². The van der Waals surface area contributed by atoms with Crippen molar-refractivity contribution in [1.82, 2.24) is 15.1 Å². The maximum Gasteiger partial charge on any atom is 0.490 e. The van der Waals surface area contributed by atoms with Crippen molar-refractivity contribution < 1.29 is 41.4 Å². The van der Waals surface area contributed by atoms with Gasteiger partial charge in [-0.15, -0.1) is 0 Å². The van der Waals surface area contributed by atoms with Gasteiger partial charge >= 0.3 is 18.2 Å². The number of hydrogen-bond donors (Lipinski definition) is 2. The van der Waals surface area contributed by atoms with Crippen LogP contribution in [0.1, 0.15) is 49.7 Å². The van der Waals surface area contributed by atoms with Crippen molar-refractivity contribution in [2.24, 2.45) is 0 Å². The molecule has 0 aromatic heterocycles. The third-order valence-electron chi connectivity index (χ3n) is 7.29. The number of urea groups is 1. The van der Waals surface area contributed by atoms with E-state index in [2.05, 4.69) is 10.2 Å². The number of aliphatic carboxylic acids is 1. The minimum atomic E-state index is -5.08. The smallest absolute Gasteiger partial charge is 0.490 e. The lowest BCUT2D eigenvalue weighted by atomic mass is 9.96. The Labute approximate surface area is 228 Å². The second kappa shape index (κ2) is 12.8. The summed E-state index contributed by atoms with van der Waals surface area (Å²) in [4.78, 5) is 26.4. The maximum absolute atomic E-state index is 14.4. The second-order valence-electron chi connectivity index (χ2n) is 10.3. The fourth-order valence-corrected chi connectivity index (χ4v) is 5.03. The predicted octanol–water partition coefficient (Wildman–Crippen LogP) is 5.48. The summed E-state index contributed by atoms with van der Waals surface area (Å²) in [7, 11) is 0. The van der Waals surface area contributed by atoms with Gasteiger partial charge in [0.05, 0.1) is 12.6 Å². The van der Waals surface area contributed by atoms with Gasteiger partial charge in [0, 0.05) is 36.8 Å². The number of nitrogens with one attached hydrogen (secondary N) is 1. The number of halogens is 5. The van der Waals surface area contributed by atoms with E-state index in [0.717, 1.165) is 62.6 Å². The number of alkyl halides is 3. The third-order valence-corrected chi connectivity index (χ3v) is 7.29. The zero-order valence-corrected chi connectivity index (χ0v) is 21.8. The molecule has 2 N–H and O–H groups in total. The standard InChI is InChI=1S/C26H31F2N3O2.C2HF3O2/c27-20-6-5-19(25(28)14-20)17-31(22-11-13-30-12-1-2-21(30)15-22)26(32)29-16-18-3-7-23(8-4-18)33-24-9-10-24;3-2(4,5)1(6)7/h3-8,14,21-22,24H,1-2,9-13,15-17H2,(H,29,32);(H,6,7)/t21-,22+;/m0./s1. The number of nitrogens with zero attached hydrogens (tertiary/aromatic N) is 2. The maximum atomic E-state index is 14.4. The summed E-state index contributed by atoms with van der Waals surface area (Å²) in [6.45, 7) is 2.58. The molecule has 0 spiro atoms. The van der Waals surface area contributed by atoms with E-state index in [9.17, 15) is 26.7 Å². The third kappa shape index (κ3) is 8.30. The topological polar surface area (TPSA) is 82.1 Å². The van der Waals surface area contributed by atoms with Crippen LogP contribution in [0, 0.1) is 11.6 Å². The summed E-state index contributed by atoms with van der Waals surface area (Å²) in [6, 6.07) is 11.7. The summed E-state index contributed by atoms with van der Waals surface area (Å²) >= 11 is 0. The average molecular weight is 570 g/mol. The number of rotatable bonds is 7. The zero-order valence-electron chi connectivity index (χ0n) is 21.8. The van der Waals surface area contributed by atoms with E-state index in [-0.39, 0.29) is 18.6 Å². The number of fused-ring (bicyclic) bond motifs is 1. The lowest BCUT2D eigenvalue weighted by molar-refractivity contribution is -0.192. The van der Waals surface area contributed by atoms with Crippen molar-refractivity contribution in [3.63, 3.8) is 0 Å². The van der Waals surface area contributed by atoms with Gasteiger partial charge in [-0.2, -0.15) is 13.2 Å². The van der Waals surface area contributed by atoms with Gasteiger partial charge in [-0.25, -0.2) is 18.4 Å². The fraction of sp³-hybridized carbons (Fsp3) is 0.500. The number of carbonyl (C=O) groups is 2. The molecule has 7 nitrogen and oxygen atoms in total. The predicted molar refractivity (Wildman–Crippen MR) is 136 cm³/mol. The number of carbonyl (C=O) groups excluding carboxylic acids is 1. The highest BCUT2D eigenvalue weighted by Crippen LogP contribution is 2.31. The number of ether oxygens (including phenoxy) is 1. The molecule has 2 aromatic carbocycles. The normalized spacial score (nSPS) is 20.6. The number of carboxylic acid groups (broad SMARTS) is 1. The summed E-state index contributed by atoms with van der Waals surface area (Å²) in [5.41, 5.74) is 1.31. The molecule has 218 valence electrons. The average Bonchev–Trinajstić information content (AvgIpc) is 3.60. The van der Waals surface area contributed by atoms with E-state index in [0.29, 0.717) is 24.3 Å². The van der Waals surface area contributed by atoms with Gasteiger partial charge in [0.15, 0.2) is 0 Å². The first-order valence-corrected chi connectivity index (χ1v) is 13.3. The molecule has 2 atom stereocenters. The Bertz CT molecular complexity index is 1170. The SMILES string of the molecule is O=C(NCc1ccc(OC2CC2)cc1)N(Cc1ccc(F)cc1F)[C@@H]1CCN2CCC[C@H]2C1.O=C(O)C(F)(F)F. The summed E-state index contributed by atoms with van der Waals surface area (Å²) in [5, 5.41) is 10.1. The lowest BCUT2D eigenvalue weighted by Gasteiger charge is -2.40. The molecule has 1 aliphatic carbocycles. The monoisotopic (exact) mass is 569 g/mol. The Morgan fingerprint density at radius 3 is 2.35 bits per heavy atom. The molecule has 3 aliphatic rings.